The summed E-state index contributed by atoms with van der Waals surface area (Å²) in [5, 5.41) is 22.7. The molecule has 18 heavy (non-hydrogen) atoms. The van der Waals surface area contributed by atoms with Crippen molar-refractivity contribution in [2.24, 2.45) is 5.92 Å². The molecule has 2 rings (SSSR count). The zero-order valence-corrected chi connectivity index (χ0v) is 11.8. The van der Waals surface area contributed by atoms with Crippen molar-refractivity contribution in [1.82, 2.24) is 5.32 Å². The molecular formula is C13H23NO3S. The van der Waals surface area contributed by atoms with Crippen LogP contribution in [0.3, 0.4) is 0 Å². The normalized spacial score (nSPS) is 34.2. The zero-order valence-electron chi connectivity index (χ0n) is 10.9. The van der Waals surface area contributed by atoms with Gasteiger partial charge in [0.1, 0.15) is 0 Å². The van der Waals surface area contributed by atoms with Crippen LogP contribution in [0.25, 0.3) is 0 Å². The summed E-state index contributed by atoms with van der Waals surface area (Å²) in [7, 11) is 0. The Bertz CT molecular complexity index is 309. The monoisotopic (exact) mass is 273 g/mol. The summed E-state index contributed by atoms with van der Waals surface area (Å²) in [6.07, 6.45) is 7.07. The van der Waals surface area contributed by atoms with E-state index in [4.69, 9.17) is 5.11 Å². The van der Waals surface area contributed by atoms with Crippen molar-refractivity contribution in [2.45, 2.75) is 48.9 Å². The lowest BCUT2D eigenvalue weighted by Gasteiger charge is -2.35. The maximum atomic E-state index is 10.9. The van der Waals surface area contributed by atoms with E-state index < -0.39 is 11.6 Å². The van der Waals surface area contributed by atoms with Gasteiger partial charge in [0.2, 0.25) is 0 Å². The summed E-state index contributed by atoms with van der Waals surface area (Å²) in [6, 6.07) is 0. The first kappa shape index (κ1) is 14.2. The quantitative estimate of drug-likeness (QED) is 0.684. The van der Waals surface area contributed by atoms with Crippen molar-refractivity contribution in [2.75, 3.05) is 19.3 Å². The molecule has 2 aliphatic carbocycles. The highest BCUT2D eigenvalue weighted by molar-refractivity contribution is 8.00. The number of aliphatic carboxylic acids is 1. The van der Waals surface area contributed by atoms with Crippen LogP contribution in [0.15, 0.2) is 0 Å². The number of carboxylic acid groups (broad SMARTS) is 1. The van der Waals surface area contributed by atoms with Crippen LogP contribution in [0.1, 0.15) is 38.5 Å². The van der Waals surface area contributed by atoms with E-state index >= 15 is 0 Å². The molecule has 2 aliphatic rings. The first-order chi connectivity index (χ1) is 8.49. The Morgan fingerprint density at radius 1 is 1.28 bits per heavy atom. The molecule has 0 atom stereocenters. The molecule has 3 N–H and O–H groups in total. The third kappa shape index (κ3) is 3.39. The molecule has 0 amide bonds. The van der Waals surface area contributed by atoms with Crippen molar-refractivity contribution in [1.29, 1.82) is 0 Å². The van der Waals surface area contributed by atoms with Crippen LogP contribution in [-0.4, -0.2) is 45.9 Å². The van der Waals surface area contributed by atoms with Crippen LogP contribution in [0.4, 0.5) is 0 Å². The highest BCUT2D eigenvalue weighted by atomic mass is 32.2. The molecule has 0 aliphatic heterocycles. The fourth-order valence-electron chi connectivity index (χ4n) is 2.69. The fourth-order valence-corrected chi connectivity index (χ4v) is 3.45. The summed E-state index contributed by atoms with van der Waals surface area (Å²) in [6.45, 7) is 1.56. The smallest absolute Gasteiger partial charge is 0.306 e. The topological polar surface area (TPSA) is 69.6 Å². The van der Waals surface area contributed by atoms with Crippen LogP contribution >= 0.6 is 11.8 Å². The highest BCUT2D eigenvalue weighted by Crippen LogP contribution is 2.46. The van der Waals surface area contributed by atoms with E-state index in [1.165, 1.54) is 12.8 Å². The number of hydrogen-bond donors (Lipinski definition) is 3. The van der Waals surface area contributed by atoms with E-state index in [2.05, 4.69) is 11.6 Å². The number of carbonyl (C=O) groups is 1. The third-order valence-electron chi connectivity index (χ3n) is 4.41. The lowest BCUT2D eigenvalue weighted by molar-refractivity contribution is -0.144. The Balaban J connectivity index is 1.71. The number of rotatable bonds is 6. The van der Waals surface area contributed by atoms with E-state index in [-0.39, 0.29) is 5.92 Å². The minimum absolute atomic E-state index is 0.258. The summed E-state index contributed by atoms with van der Waals surface area (Å²) in [5.74, 6) is -0.976. The lowest BCUT2D eigenvalue weighted by Crippen LogP contribution is -2.46. The minimum Gasteiger partial charge on any atom is -0.481 e. The Morgan fingerprint density at radius 2 is 1.89 bits per heavy atom. The predicted molar refractivity (Wildman–Crippen MR) is 72.9 cm³/mol. The Labute approximate surface area is 113 Å². The SMILES string of the molecule is CSC1(CNCC2(O)CCC(C(=O)O)CC2)CC1. The maximum Gasteiger partial charge on any atom is 0.306 e. The molecule has 0 aromatic rings. The summed E-state index contributed by atoms with van der Waals surface area (Å²) < 4.78 is 0.411. The first-order valence-corrected chi connectivity index (χ1v) is 7.92. The van der Waals surface area contributed by atoms with Gasteiger partial charge in [0.05, 0.1) is 11.5 Å². The lowest BCUT2D eigenvalue weighted by atomic mass is 9.79. The average molecular weight is 273 g/mol. The average Bonchev–Trinajstić information content (AvgIpc) is 3.10. The minimum atomic E-state index is -0.718. The van der Waals surface area contributed by atoms with Gasteiger partial charge in [-0.2, -0.15) is 11.8 Å². The predicted octanol–water partition coefficient (Wildman–Crippen LogP) is 1.48. The van der Waals surface area contributed by atoms with Crippen molar-refractivity contribution in [3.05, 3.63) is 0 Å². The van der Waals surface area contributed by atoms with E-state index in [9.17, 15) is 9.90 Å². The van der Waals surface area contributed by atoms with Crippen LogP contribution in [-0.2, 0) is 4.79 Å². The van der Waals surface area contributed by atoms with Crippen molar-refractivity contribution in [3.8, 4) is 0 Å². The summed E-state index contributed by atoms with van der Waals surface area (Å²) in [4.78, 5) is 10.9. The Hall–Kier alpha value is -0.260. The highest BCUT2D eigenvalue weighted by Gasteiger charge is 2.42. The van der Waals surface area contributed by atoms with Gasteiger partial charge in [-0.15, -0.1) is 0 Å². The largest absolute Gasteiger partial charge is 0.481 e. The molecule has 5 heteroatoms. The van der Waals surface area contributed by atoms with Gasteiger partial charge in [-0.3, -0.25) is 4.79 Å². The molecule has 0 saturated heterocycles. The van der Waals surface area contributed by atoms with E-state index in [1.807, 2.05) is 11.8 Å². The van der Waals surface area contributed by atoms with Gasteiger partial charge in [-0.05, 0) is 44.8 Å². The van der Waals surface area contributed by atoms with Gasteiger partial charge in [0.15, 0.2) is 0 Å². The van der Waals surface area contributed by atoms with Gasteiger partial charge in [-0.1, -0.05) is 0 Å². The van der Waals surface area contributed by atoms with Crippen LogP contribution in [0.2, 0.25) is 0 Å². The maximum absolute atomic E-state index is 10.9. The molecule has 2 saturated carbocycles. The Kier molecular flexibility index (Phi) is 4.24. The molecule has 0 aromatic carbocycles. The molecule has 0 aromatic heterocycles. The standard InChI is InChI=1S/C13H23NO3S/c1-18-13(6-7-13)9-14-8-12(17)4-2-10(3-5-12)11(15)16/h10,14,17H,2-9H2,1H3,(H,15,16). The molecule has 0 radical (unpaired) electrons. The molecule has 2 fully saturated rings. The van der Waals surface area contributed by atoms with E-state index in [1.54, 1.807) is 0 Å². The van der Waals surface area contributed by atoms with Crippen LogP contribution < -0.4 is 5.32 Å². The number of carboxylic acids is 1. The second-order valence-corrected chi connectivity index (χ2v) is 7.10. The van der Waals surface area contributed by atoms with Crippen molar-refractivity contribution < 1.29 is 15.0 Å². The van der Waals surface area contributed by atoms with Gasteiger partial charge in [0, 0.05) is 17.8 Å². The summed E-state index contributed by atoms with van der Waals surface area (Å²) in [5.41, 5.74) is -0.694. The number of thioether (sulfide) groups is 1. The van der Waals surface area contributed by atoms with Crippen molar-refractivity contribution in [3.63, 3.8) is 0 Å². The van der Waals surface area contributed by atoms with E-state index in [0.29, 0.717) is 37.0 Å². The number of nitrogens with one attached hydrogen (secondary N) is 1. The second kappa shape index (κ2) is 5.39. The second-order valence-electron chi connectivity index (χ2n) is 5.83. The first-order valence-electron chi connectivity index (χ1n) is 6.70. The third-order valence-corrected chi connectivity index (χ3v) is 5.83. The summed E-state index contributed by atoms with van der Waals surface area (Å²) >= 11 is 1.91. The van der Waals surface area contributed by atoms with Gasteiger partial charge in [0.25, 0.3) is 0 Å². The fraction of sp³-hybridized carbons (Fsp3) is 0.923. The van der Waals surface area contributed by atoms with Crippen LogP contribution in [0.5, 0.6) is 0 Å². The van der Waals surface area contributed by atoms with Gasteiger partial charge >= 0.3 is 5.97 Å². The van der Waals surface area contributed by atoms with Crippen molar-refractivity contribution >= 4 is 17.7 Å². The van der Waals surface area contributed by atoms with E-state index in [0.717, 1.165) is 6.54 Å². The number of hydrogen-bond acceptors (Lipinski definition) is 4. The van der Waals surface area contributed by atoms with Gasteiger partial charge < -0.3 is 15.5 Å². The molecule has 104 valence electrons. The van der Waals surface area contributed by atoms with Crippen LogP contribution in [0, 0.1) is 5.92 Å². The number of aliphatic hydroxyl groups is 1. The van der Waals surface area contributed by atoms with Gasteiger partial charge in [-0.25, -0.2) is 0 Å². The Morgan fingerprint density at radius 3 is 2.33 bits per heavy atom. The zero-order chi connectivity index (χ0) is 13.2. The molecule has 0 unspecified atom stereocenters. The molecule has 0 heterocycles. The molecular weight excluding hydrogens is 250 g/mol. The molecule has 0 bridgehead atoms. The molecule has 4 nitrogen and oxygen atoms in total. The molecule has 0 spiro atoms.